The minimum absolute atomic E-state index is 0.246. The van der Waals surface area contributed by atoms with Crippen LogP contribution >= 0.6 is 7.82 Å². The summed E-state index contributed by atoms with van der Waals surface area (Å²) in [6, 6.07) is 1.09. The summed E-state index contributed by atoms with van der Waals surface area (Å²) in [6.07, 6.45) is -3.22. The molecule has 0 amide bonds. The zero-order chi connectivity index (χ0) is 14.5. The van der Waals surface area contributed by atoms with Crippen LogP contribution in [0.2, 0.25) is 0 Å². The van der Waals surface area contributed by atoms with E-state index in [1.54, 1.807) is 0 Å². The Morgan fingerprint density at radius 1 is 1.45 bits per heavy atom. The highest BCUT2D eigenvalue weighted by atomic mass is 31.2. The number of nitrogens with zero attached hydrogens (tertiary/aromatic N) is 1. The summed E-state index contributed by atoms with van der Waals surface area (Å²) in [4.78, 5) is 33.9. The van der Waals surface area contributed by atoms with Crippen LogP contribution in [0, 0.1) is 0 Å². The molecule has 3 heterocycles. The lowest BCUT2D eigenvalue weighted by atomic mass is 10.1. The predicted octanol–water partition coefficient (Wildman–Crippen LogP) is -1.69. The van der Waals surface area contributed by atoms with E-state index >= 15 is 0 Å². The van der Waals surface area contributed by atoms with Gasteiger partial charge in [0.1, 0.15) is 18.3 Å². The Morgan fingerprint density at radius 2 is 2.20 bits per heavy atom. The number of rotatable bonds is 1. The Labute approximate surface area is 111 Å². The Bertz CT molecular complexity index is 683. The van der Waals surface area contributed by atoms with Crippen molar-refractivity contribution in [1.29, 1.82) is 0 Å². The first-order valence-corrected chi connectivity index (χ1v) is 7.18. The third kappa shape index (κ3) is 2.26. The van der Waals surface area contributed by atoms with Gasteiger partial charge in [-0.1, -0.05) is 0 Å². The van der Waals surface area contributed by atoms with Crippen molar-refractivity contribution in [3.63, 3.8) is 0 Å². The molecule has 0 spiro atoms. The van der Waals surface area contributed by atoms with Gasteiger partial charge in [-0.25, -0.2) is 9.36 Å². The zero-order valence-corrected chi connectivity index (χ0v) is 10.8. The molecule has 0 aliphatic carbocycles. The maximum atomic E-state index is 11.6. The first-order chi connectivity index (χ1) is 9.37. The summed E-state index contributed by atoms with van der Waals surface area (Å²) in [5, 5.41) is 10.1. The summed E-state index contributed by atoms with van der Waals surface area (Å²) in [7, 11) is -4.22. The van der Waals surface area contributed by atoms with Gasteiger partial charge in [-0.2, -0.15) is 0 Å². The minimum Gasteiger partial charge on any atom is -0.386 e. The van der Waals surface area contributed by atoms with Gasteiger partial charge in [-0.3, -0.25) is 23.4 Å². The number of ether oxygens (including phenoxy) is 1. The third-order valence-corrected chi connectivity index (χ3v) is 4.08. The van der Waals surface area contributed by atoms with Crippen LogP contribution in [-0.2, 0) is 18.3 Å². The van der Waals surface area contributed by atoms with E-state index in [-0.39, 0.29) is 6.61 Å². The second-order valence-electron chi connectivity index (χ2n) is 4.41. The van der Waals surface area contributed by atoms with Gasteiger partial charge in [0.25, 0.3) is 5.56 Å². The molecule has 20 heavy (non-hydrogen) atoms. The Kier molecular flexibility index (Phi) is 3.16. The van der Waals surface area contributed by atoms with Crippen LogP contribution in [0.1, 0.15) is 6.23 Å². The van der Waals surface area contributed by atoms with E-state index in [0.29, 0.717) is 0 Å². The molecular weight excluding hydrogens is 295 g/mol. The SMILES string of the molecule is O=c1ccn([C@@H]2O[C@@H]3COP(=O)(O)O[C@@H]3[C@@H]2O)c(=O)[nH]1. The third-order valence-electron chi connectivity index (χ3n) is 3.09. The van der Waals surface area contributed by atoms with Crippen LogP contribution in [-0.4, -0.2) is 44.5 Å². The molecular formula is C9H11N2O8P. The molecule has 10 nitrogen and oxygen atoms in total. The fourth-order valence-electron chi connectivity index (χ4n) is 2.19. The molecule has 3 rings (SSSR count). The number of phosphoric ester groups is 1. The second-order valence-corrected chi connectivity index (χ2v) is 5.81. The van der Waals surface area contributed by atoms with E-state index in [2.05, 4.69) is 4.52 Å². The molecule has 2 saturated heterocycles. The van der Waals surface area contributed by atoms with Crippen molar-refractivity contribution in [1.82, 2.24) is 9.55 Å². The number of hydrogen-bond acceptors (Lipinski definition) is 7. The summed E-state index contributed by atoms with van der Waals surface area (Å²) >= 11 is 0. The van der Waals surface area contributed by atoms with Crippen LogP contribution in [0.4, 0.5) is 0 Å². The van der Waals surface area contributed by atoms with Crippen molar-refractivity contribution in [2.45, 2.75) is 24.5 Å². The maximum Gasteiger partial charge on any atom is 0.472 e. The molecule has 110 valence electrons. The highest BCUT2D eigenvalue weighted by Crippen LogP contribution is 2.52. The summed E-state index contributed by atoms with van der Waals surface area (Å²) in [5.74, 6) is 0. The van der Waals surface area contributed by atoms with Crippen molar-refractivity contribution < 1.29 is 28.3 Å². The minimum atomic E-state index is -4.22. The first kappa shape index (κ1) is 13.7. The van der Waals surface area contributed by atoms with Gasteiger partial charge in [-0.05, 0) is 0 Å². The van der Waals surface area contributed by atoms with Crippen LogP contribution in [0.15, 0.2) is 21.9 Å². The monoisotopic (exact) mass is 306 g/mol. The average molecular weight is 306 g/mol. The molecule has 0 aromatic carbocycles. The molecule has 1 aromatic heterocycles. The number of hydrogen-bond donors (Lipinski definition) is 3. The quantitative estimate of drug-likeness (QED) is 0.522. The zero-order valence-electron chi connectivity index (χ0n) is 9.91. The van der Waals surface area contributed by atoms with Gasteiger partial charge in [0, 0.05) is 12.3 Å². The van der Waals surface area contributed by atoms with Gasteiger partial charge in [-0.15, -0.1) is 0 Å². The number of nitrogens with one attached hydrogen (secondary N) is 1. The largest absolute Gasteiger partial charge is 0.472 e. The van der Waals surface area contributed by atoms with Crippen LogP contribution in [0.25, 0.3) is 0 Å². The van der Waals surface area contributed by atoms with Gasteiger partial charge in [0.2, 0.25) is 0 Å². The highest BCUT2D eigenvalue weighted by Gasteiger charge is 2.52. The second kappa shape index (κ2) is 4.62. The van der Waals surface area contributed by atoms with Crippen molar-refractivity contribution in [2.75, 3.05) is 6.61 Å². The Morgan fingerprint density at radius 3 is 2.90 bits per heavy atom. The van der Waals surface area contributed by atoms with Crippen molar-refractivity contribution >= 4 is 7.82 Å². The van der Waals surface area contributed by atoms with Crippen molar-refractivity contribution in [2.24, 2.45) is 0 Å². The summed E-state index contributed by atoms with van der Waals surface area (Å²) in [6.45, 7) is -0.246. The lowest BCUT2D eigenvalue weighted by Crippen LogP contribution is -2.40. The molecule has 1 unspecified atom stereocenters. The number of aromatic amines is 1. The molecule has 1 aromatic rings. The smallest absolute Gasteiger partial charge is 0.386 e. The molecule has 11 heteroatoms. The molecule has 2 aliphatic heterocycles. The van der Waals surface area contributed by atoms with Crippen LogP contribution < -0.4 is 11.2 Å². The lowest BCUT2D eigenvalue weighted by molar-refractivity contribution is -0.0685. The summed E-state index contributed by atoms with van der Waals surface area (Å²) in [5.41, 5.74) is -1.36. The topological polar surface area (TPSA) is 140 Å². The highest BCUT2D eigenvalue weighted by molar-refractivity contribution is 7.47. The van der Waals surface area contributed by atoms with Crippen LogP contribution in [0.3, 0.4) is 0 Å². The normalized spacial score (nSPS) is 40.5. The lowest BCUT2D eigenvalue weighted by Gasteiger charge is -2.27. The van der Waals surface area contributed by atoms with Gasteiger partial charge >= 0.3 is 13.5 Å². The van der Waals surface area contributed by atoms with E-state index in [1.807, 2.05) is 4.98 Å². The van der Waals surface area contributed by atoms with E-state index in [0.717, 1.165) is 16.8 Å². The van der Waals surface area contributed by atoms with E-state index in [4.69, 9.17) is 9.26 Å². The number of aliphatic hydroxyl groups is 1. The first-order valence-electron chi connectivity index (χ1n) is 5.68. The van der Waals surface area contributed by atoms with Crippen molar-refractivity contribution in [3.8, 4) is 0 Å². The standard InChI is InChI=1S/C9H11N2O8P/c12-5-1-2-11(9(14)10-5)8-6(13)7-4(18-8)3-17-20(15,16)19-7/h1-2,4,6-8,13H,3H2,(H,15,16)(H,10,12,14)/t4-,6+,7+,8-/m1/s1. The van der Waals surface area contributed by atoms with E-state index in [1.165, 1.54) is 0 Å². The number of aromatic nitrogens is 2. The predicted molar refractivity (Wildman–Crippen MR) is 61.9 cm³/mol. The van der Waals surface area contributed by atoms with Crippen molar-refractivity contribution in [3.05, 3.63) is 33.1 Å². The number of aliphatic hydroxyl groups excluding tert-OH is 1. The summed E-state index contributed by atoms with van der Waals surface area (Å²) < 4.78 is 27.0. The molecule has 2 fully saturated rings. The van der Waals surface area contributed by atoms with E-state index in [9.17, 15) is 24.2 Å². The fourth-order valence-corrected chi connectivity index (χ4v) is 3.16. The number of fused-ring (bicyclic) bond motifs is 1. The Hall–Kier alpha value is -1.29. The molecule has 0 saturated carbocycles. The average Bonchev–Trinajstić information content (AvgIpc) is 2.66. The van der Waals surface area contributed by atoms with Crippen LogP contribution in [0.5, 0.6) is 0 Å². The van der Waals surface area contributed by atoms with E-state index < -0.39 is 43.6 Å². The van der Waals surface area contributed by atoms with Gasteiger partial charge < -0.3 is 14.7 Å². The van der Waals surface area contributed by atoms with Gasteiger partial charge in [0.05, 0.1) is 6.61 Å². The molecule has 2 aliphatic rings. The maximum absolute atomic E-state index is 11.6. The number of phosphoric acid groups is 1. The molecule has 0 radical (unpaired) electrons. The fraction of sp³-hybridized carbons (Fsp3) is 0.556. The van der Waals surface area contributed by atoms with Gasteiger partial charge in [0.15, 0.2) is 6.23 Å². The number of H-pyrrole nitrogens is 1. The molecule has 3 N–H and O–H groups in total. The Balaban J connectivity index is 1.92. The molecule has 0 bridgehead atoms. The molecule has 5 atom stereocenters.